The largest absolute Gasteiger partial charge is 0.493 e. The zero-order valence-electron chi connectivity index (χ0n) is 26.7. The first kappa shape index (κ1) is 32.0. The van der Waals surface area contributed by atoms with Gasteiger partial charge >= 0.3 is 0 Å². The van der Waals surface area contributed by atoms with Crippen molar-refractivity contribution in [1.29, 1.82) is 0 Å². The predicted molar refractivity (Wildman–Crippen MR) is 181 cm³/mol. The summed E-state index contributed by atoms with van der Waals surface area (Å²) in [6, 6.07) is 32.4. The van der Waals surface area contributed by atoms with Crippen molar-refractivity contribution in [2.45, 2.75) is 76.8 Å². The molecular weight excluding hydrogens is 576 g/mol. The Hall–Kier alpha value is -4.00. The summed E-state index contributed by atoms with van der Waals surface area (Å²) in [5.41, 5.74) is 3.93. The van der Waals surface area contributed by atoms with Crippen molar-refractivity contribution in [2.24, 2.45) is 0 Å². The van der Waals surface area contributed by atoms with Crippen LogP contribution in [0.25, 0.3) is 11.1 Å². The monoisotopic (exact) mass is 622 g/mol. The van der Waals surface area contributed by atoms with E-state index in [1.54, 1.807) is 0 Å². The number of hydrogen-bond acceptors (Lipinski definition) is 6. The predicted octanol–water partition coefficient (Wildman–Crippen LogP) is 9.19. The molecule has 2 aliphatic rings. The number of benzene rings is 4. The van der Waals surface area contributed by atoms with Gasteiger partial charge in [0.1, 0.15) is 23.0 Å². The molecule has 0 fully saturated rings. The maximum atomic E-state index is 6.86. The Bertz CT molecular complexity index is 1360. The highest BCUT2D eigenvalue weighted by molar-refractivity contribution is 5.85. The molecule has 0 saturated heterocycles. The number of hydrogen-bond donors (Lipinski definition) is 0. The Balaban J connectivity index is 1.32. The summed E-state index contributed by atoms with van der Waals surface area (Å²) in [4.78, 5) is 0. The van der Waals surface area contributed by atoms with Gasteiger partial charge in [-0.15, -0.1) is 0 Å². The van der Waals surface area contributed by atoms with Crippen LogP contribution in [0.15, 0.2) is 97.1 Å². The van der Waals surface area contributed by atoms with E-state index in [9.17, 15) is 0 Å². The minimum absolute atomic E-state index is 0.324. The van der Waals surface area contributed by atoms with E-state index < -0.39 is 12.2 Å². The Morgan fingerprint density at radius 3 is 1.26 bits per heavy atom. The van der Waals surface area contributed by atoms with E-state index in [2.05, 4.69) is 24.3 Å². The van der Waals surface area contributed by atoms with Crippen LogP contribution >= 0.6 is 0 Å². The Labute approximate surface area is 273 Å². The summed E-state index contributed by atoms with van der Waals surface area (Å²) >= 11 is 0. The van der Waals surface area contributed by atoms with Crippen LogP contribution in [0.5, 0.6) is 23.0 Å². The lowest BCUT2D eigenvalue weighted by atomic mass is 9.99. The molecule has 0 spiro atoms. The molecule has 0 aromatic heterocycles. The molecule has 0 bridgehead atoms. The molecule has 4 aromatic rings. The summed E-state index contributed by atoms with van der Waals surface area (Å²) in [7, 11) is 0. The van der Waals surface area contributed by atoms with Gasteiger partial charge in [-0.25, -0.2) is 0 Å². The lowest BCUT2D eigenvalue weighted by Crippen LogP contribution is -2.44. The summed E-state index contributed by atoms with van der Waals surface area (Å²) in [5.74, 6) is 2.99. The third kappa shape index (κ3) is 8.83. The molecule has 2 heterocycles. The lowest BCUT2D eigenvalue weighted by Gasteiger charge is -2.33. The smallest absolute Gasteiger partial charge is 0.161 e. The standard InChI is InChI=1S/C40H46O6/c1-2-4-6-14-26-44-34-22-16-24-36-40(34)39-33(43-25-13-5-3-1)21-15-23-35(39)45-37(29-41-27-31-17-9-7-10-18-31)38(46-36)30-42-28-32-19-11-8-12-20-32/h7-12,15-24,37-38H,1-6,13-14,25-30H2/t37-,38-/m1/s1. The van der Waals surface area contributed by atoms with Crippen molar-refractivity contribution in [3.8, 4) is 34.1 Å². The van der Waals surface area contributed by atoms with E-state index in [0.717, 1.165) is 58.1 Å². The fourth-order valence-electron chi connectivity index (χ4n) is 6.08. The van der Waals surface area contributed by atoms with Crippen molar-refractivity contribution in [1.82, 2.24) is 0 Å². The van der Waals surface area contributed by atoms with Crippen LogP contribution in [0, 0.1) is 0 Å². The highest BCUT2D eigenvalue weighted by Gasteiger charge is 2.33. The molecule has 2 atom stereocenters. The third-order valence-electron chi connectivity index (χ3n) is 8.54. The second-order valence-corrected chi connectivity index (χ2v) is 12.1. The molecule has 0 aliphatic carbocycles. The fourth-order valence-corrected chi connectivity index (χ4v) is 6.08. The molecule has 6 nitrogen and oxygen atoms in total. The Kier molecular flexibility index (Phi) is 11.9. The molecule has 0 saturated carbocycles. The average Bonchev–Trinajstić information content (AvgIpc) is 3.08. The van der Waals surface area contributed by atoms with Crippen LogP contribution in [0.2, 0.25) is 0 Å². The first-order valence-electron chi connectivity index (χ1n) is 16.9. The van der Waals surface area contributed by atoms with Gasteiger partial charge in [0.25, 0.3) is 0 Å². The van der Waals surface area contributed by atoms with Gasteiger partial charge in [-0.2, -0.15) is 0 Å². The minimum atomic E-state index is -0.441. The van der Waals surface area contributed by atoms with Gasteiger partial charge in [0.05, 0.1) is 50.8 Å². The van der Waals surface area contributed by atoms with Gasteiger partial charge in [0.2, 0.25) is 0 Å². The summed E-state index contributed by atoms with van der Waals surface area (Å²) in [6.07, 6.45) is 8.55. The van der Waals surface area contributed by atoms with Crippen LogP contribution in [-0.2, 0) is 22.7 Å². The van der Waals surface area contributed by atoms with Gasteiger partial charge in [-0.1, -0.05) is 111 Å². The van der Waals surface area contributed by atoms with E-state index in [0.29, 0.717) is 39.6 Å². The average molecular weight is 623 g/mol. The first-order chi connectivity index (χ1) is 22.8. The summed E-state index contributed by atoms with van der Waals surface area (Å²) in [6.45, 7) is 2.89. The van der Waals surface area contributed by atoms with Gasteiger partial charge in [-0.05, 0) is 48.2 Å². The van der Waals surface area contributed by atoms with E-state index >= 15 is 0 Å². The van der Waals surface area contributed by atoms with Gasteiger partial charge < -0.3 is 28.4 Å². The summed E-state index contributed by atoms with van der Waals surface area (Å²) < 4.78 is 39.2. The summed E-state index contributed by atoms with van der Waals surface area (Å²) in [5, 5.41) is 0. The first-order valence-corrected chi connectivity index (χ1v) is 16.9. The molecule has 46 heavy (non-hydrogen) atoms. The molecule has 0 unspecified atom stereocenters. The molecule has 242 valence electrons. The maximum absolute atomic E-state index is 6.86. The van der Waals surface area contributed by atoms with Gasteiger partial charge in [0, 0.05) is 0 Å². The zero-order valence-corrected chi connectivity index (χ0v) is 26.7. The van der Waals surface area contributed by atoms with Crippen LogP contribution in [0.4, 0.5) is 0 Å². The quantitative estimate of drug-likeness (QED) is 0.195. The molecular formula is C40H46O6. The maximum Gasteiger partial charge on any atom is 0.161 e. The molecule has 0 amide bonds. The van der Waals surface area contributed by atoms with E-state index in [1.807, 2.05) is 72.8 Å². The Morgan fingerprint density at radius 2 is 0.826 bits per heavy atom. The van der Waals surface area contributed by atoms with Crippen LogP contribution in [-0.4, -0.2) is 38.6 Å². The van der Waals surface area contributed by atoms with Crippen LogP contribution < -0.4 is 18.9 Å². The molecule has 6 heteroatoms. The number of ether oxygens (including phenoxy) is 6. The normalized spacial score (nSPS) is 18.8. The van der Waals surface area contributed by atoms with E-state index in [4.69, 9.17) is 28.4 Å². The van der Waals surface area contributed by atoms with Crippen molar-refractivity contribution in [3.63, 3.8) is 0 Å². The molecule has 0 N–H and O–H groups in total. The Morgan fingerprint density at radius 1 is 0.435 bits per heavy atom. The van der Waals surface area contributed by atoms with Crippen molar-refractivity contribution in [2.75, 3.05) is 26.4 Å². The van der Waals surface area contributed by atoms with Crippen molar-refractivity contribution >= 4 is 0 Å². The highest BCUT2D eigenvalue weighted by Crippen LogP contribution is 2.49. The van der Waals surface area contributed by atoms with Crippen molar-refractivity contribution < 1.29 is 28.4 Å². The SMILES string of the molecule is c1ccc(COC[C@H]2Oc3cccc4c3-c3c(cccc3O[C@@H]2COCc2ccccc2)OCCCCCCCCCCO4)cc1. The highest BCUT2D eigenvalue weighted by atomic mass is 16.6. The minimum Gasteiger partial charge on any atom is -0.493 e. The molecule has 0 radical (unpaired) electrons. The number of rotatable bonds is 8. The van der Waals surface area contributed by atoms with Crippen LogP contribution in [0.3, 0.4) is 0 Å². The second-order valence-electron chi connectivity index (χ2n) is 12.1. The van der Waals surface area contributed by atoms with Crippen LogP contribution in [0.1, 0.15) is 62.5 Å². The fraction of sp³-hybridized carbons (Fsp3) is 0.400. The zero-order chi connectivity index (χ0) is 31.2. The second kappa shape index (κ2) is 17.1. The topological polar surface area (TPSA) is 55.4 Å². The molecule has 2 aliphatic heterocycles. The lowest BCUT2D eigenvalue weighted by molar-refractivity contribution is -0.0553. The van der Waals surface area contributed by atoms with E-state index in [1.165, 1.54) is 38.5 Å². The molecule has 4 aromatic carbocycles. The molecule has 6 rings (SSSR count). The van der Waals surface area contributed by atoms with Gasteiger partial charge in [-0.3, -0.25) is 0 Å². The van der Waals surface area contributed by atoms with Crippen molar-refractivity contribution in [3.05, 3.63) is 108 Å². The van der Waals surface area contributed by atoms with Gasteiger partial charge in [0.15, 0.2) is 12.2 Å². The third-order valence-corrected chi connectivity index (χ3v) is 8.54. The van der Waals surface area contributed by atoms with E-state index in [-0.39, 0.29) is 0 Å².